The summed E-state index contributed by atoms with van der Waals surface area (Å²) >= 11 is 0. The Morgan fingerprint density at radius 1 is 1.07 bits per heavy atom. The zero-order chi connectivity index (χ0) is 18.9. The molecule has 1 aromatic rings. The van der Waals surface area contributed by atoms with E-state index in [9.17, 15) is 4.79 Å². The van der Waals surface area contributed by atoms with E-state index in [0.717, 1.165) is 30.0 Å². The van der Waals surface area contributed by atoms with Crippen LogP contribution in [0.1, 0.15) is 50.5 Å². The first-order valence-electron chi connectivity index (χ1n) is 10.7. The SMILES string of the molecule is CN(C)CCNC(=O)CCOc1ccc(C23CC4CC(CC(C4)C2)C3)cc1. The second kappa shape index (κ2) is 7.83. The fraction of sp³-hybridized carbons (Fsp3) is 0.696. The quantitative estimate of drug-likeness (QED) is 0.760. The fourth-order valence-corrected chi connectivity index (χ4v) is 6.14. The van der Waals surface area contributed by atoms with Gasteiger partial charge < -0.3 is 15.0 Å². The van der Waals surface area contributed by atoms with Crippen LogP contribution in [0.5, 0.6) is 5.75 Å². The lowest BCUT2D eigenvalue weighted by molar-refractivity contribution is -0.121. The highest BCUT2D eigenvalue weighted by Crippen LogP contribution is 2.60. The molecule has 0 spiro atoms. The van der Waals surface area contributed by atoms with Crippen LogP contribution in [0.4, 0.5) is 0 Å². The van der Waals surface area contributed by atoms with E-state index in [4.69, 9.17) is 4.74 Å². The summed E-state index contributed by atoms with van der Waals surface area (Å²) in [7, 11) is 4.00. The van der Waals surface area contributed by atoms with E-state index in [-0.39, 0.29) is 5.91 Å². The molecule has 0 saturated heterocycles. The maximum atomic E-state index is 11.8. The smallest absolute Gasteiger partial charge is 0.223 e. The summed E-state index contributed by atoms with van der Waals surface area (Å²) in [4.78, 5) is 13.9. The third kappa shape index (κ3) is 4.31. The van der Waals surface area contributed by atoms with Gasteiger partial charge in [0.2, 0.25) is 5.91 Å². The van der Waals surface area contributed by atoms with Crippen molar-refractivity contribution in [2.75, 3.05) is 33.8 Å². The molecule has 4 nitrogen and oxygen atoms in total. The van der Waals surface area contributed by atoms with Crippen molar-refractivity contribution < 1.29 is 9.53 Å². The molecule has 0 atom stereocenters. The highest BCUT2D eigenvalue weighted by atomic mass is 16.5. The Morgan fingerprint density at radius 2 is 1.67 bits per heavy atom. The number of nitrogens with one attached hydrogen (secondary N) is 1. The molecule has 4 aliphatic carbocycles. The molecule has 1 amide bonds. The van der Waals surface area contributed by atoms with Gasteiger partial charge >= 0.3 is 0 Å². The monoisotopic (exact) mass is 370 g/mol. The van der Waals surface area contributed by atoms with Crippen LogP contribution in [0.2, 0.25) is 0 Å². The molecule has 148 valence electrons. The molecule has 27 heavy (non-hydrogen) atoms. The first-order valence-corrected chi connectivity index (χ1v) is 10.7. The predicted octanol–water partition coefficient (Wildman–Crippen LogP) is 3.60. The van der Waals surface area contributed by atoms with Crippen molar-refractivity contribution in [2.24, 2.45) is 17.8 Å². The topological polar surface area (TPSA) is 41.6 Å². The van der Waals surface area contributed by atoms with Crippen LogP contribution in [0.3, 0.4) is 0 Å². The van der Waals surface area contributed by atoms with Crippen LogP contribution in [0.15, 0.2) is 24.3 Å². The molecule has 4 fully saturated rings. The average Bonchev–Trinajstić information content (AvgIpc) is 2.61. The van der Waals surface area contributed by atoms with E-state index in [2.05, 4.69) is 34.5 Å². The maximum absolute atomic E-state index is 11.8. The number of benzene rings is 1. The molecule has 0 aliphatic heterocycles. The van der Waals surface area contributed by atoms with Gasteiger partial charge in [0.05, 0.1) is 13.0 Å². The molecule has 4 heteroatoms. The Hall–Kier alpha value is -1.55. The summed E-state index contributed by atoms with van der Waals surface area (Å²) < 4.78 is 5.81. The van der Waals surface area contributed by atoms with Crippen LogP contribution in [0, 0.1) is 17.8 Å². The average molecular weight is 371 g/mol. The molecule has 0 aromatic heterocycles. The Bertz CT molecular complexity index is 618. The van der Waals surface area contributed by atoms with Crippen LogP contribution >= 0.6 is 0 Å². The Morgan fingerprint density at radius 3 is 2.22 bits per heavy atom. The molecule has 4 aliphatic rings. The van der Waals surface area contributed by atoms with Crippen molar-refractivity contribution in [3.63, 3.8) is 0 Å². The Kier molecular flexibility index (Phi) is 5.45. The number of rotatable bonds is 8. The minimum absolute atomic E-state index is 0.0574. The molecule has 5 rings (SSSR count). The van der Waals surface area contributed by atoms with Gasteiger partial charge in [0, 0.05) is 13.1 Å². The molecular weight excluding hydrogens is 336 g/mol. The van der Waals surface area contributed by atoms with Crippen LogP contribution in [-0.4, -0.2) is 44.6 Å². The Labute approximate surface area is 163 Å². The molecule has 0 heterocycles. The van der Waals surface area contributed by atoms with Gasteiger partial charge in [-0.3, -0.25) is 4.79 Å². The van der Waals surface area contributed by atoms with Gasteiger partial charge in [-0.2, -0.15) is 0 Å². The van der Waals surface area contributed by atoms with Gasteiger partial charge in [-0.1, -0.05) is 12.1 Å². The molecular formula is C23H34N2O2. The summed E-state index contributed by atoms with van der Waals surface area (Å²) in [5, 5.41) is 2.92. The van der Waals surface area contributed by atoms with E-state index in [1.165, 1.54) is 44.1 Å². The minimum Gasteiger partial charge on any atom is -0.493 e. The van der Waals surface area contributed by atoms with E-state index in [1.807, 2.05) is 14.1 Å². The van der Waals surface area contributed by atoms with Gasteiger partial charge in [0.15, 0.2) is 0 Å². The molecule has 4 bridgehead atoms. The third-order valence-electron chi connectivity index (χ3n) is 6.98. The van der Waals surface area contributed by atoms with Crippen molar-refractivity contribution in [2.45, 2.75) is 50.4 Å². The highest BCUT2D eigenvalue weighted by molar-refractivity contribution is 5.75. The number of carbonyl (C=O) groups is 1. The highest BCUT2D eigenvalue weighted by Gasteiger charge is 2.51. The van der Waals surface area contributed by atoms with Crippen molar-refractivity contribution in [1.82, 2.24) is 10.2 Å². The minimum atomic E-state index is 0.0574. The Balaban J connectivity index is 1.27. The van der Waals surface area contributed by atoms with Crippen LogP contribution in [-0.2, 0) is 10.2 Å². The number of nitrogens with zero attached hydrogens (tertiary/aromatic N) is 1. The summed E-state index contributed by atoms with van der Waals surface area (Å²) in [6, 6.07) is 8.80. The number of hydrogen-bond acceptors (Lipinski definition) is 3. The van der Waals surface area contributed by atoms with Gasteiger partial charge in [0.25, 0.3) is 0 Å². The van der Waals surface area contributed by atoms with Crippen molar-refractivity contribution in [3.8, 4) is 5.75 Å². The first-order chi connectivity index (χ1) is 13.0. The van der Waals surface area contributed by atoms with Crippen LogP contribution in [0.25, 0.3) is 0 Å². The lowest BCUT2D eigenvalue weighted by atomic mass is 9.48. The van der Waals surface area contributed by atoms with Crippen molar-refractivity contribution in [3.05, 3.63) is 29.8 Å². The standard InChI is InChI=1S/C23H34N2O2/c1-25(2)9-8-24-22(26)7-10-27-21-5-3-20(4-6-21)23-14-17-11-18(15-23)13-19(12-17)16-23/h3-6,17-19H,7-16H2,1-2H3,(H,24,26). The number of hydrogen-bond donors (Lipinski definition) is 1. The van der Waals surface area contributed by atoms with Crippen molar-refractivity contribution >= 4 is 5.91 Å². The summed E-state index contributed by atoms with van der Waals surface area (Å²) in [5.74, 6) is 3.85. The second-order valence-electron chi connectivity index (χ2n) is 9.47. The van der Waals surface area contributed by atoms with E-state index in [1.54, 1.807) is 0 Å². The third-order valence-corrected chi connectivity index (χ3v) is 6.98. The summed E-state index contributed by atoms with van der Waals surface area (Å²) in [5.41, 5.74) is 1.97. The number of amides is 1. The van der Waals surface area contributed by atoms with Crippen molar-refractivity contribution in [1.29, 1.82) is 0 Å². The summed E-state index contributed by atoms with van der Waals surface area (Å²) in [6.45, 7) is 1.98. The number of ether oxygens (including phenoxy) is 1. The second-order valence-corrected chi connectivity index (χ2v) is 9.47. The molecule has 4 saturated carbocycles. The molecule has 0 unspecified atom stereocenters. The van der Waals surface area contributed by atoms with Gasteiger partial charge in [0.1, 0.15) is 5.75 Å². The maximum Gasteiger partial charge on any atom is 0.223 e. The van der Waals surface area contributed by atoms with Gasteiger partial charge in [-0.25, -0.2) is 0 Å². The van der Waals surface area contributed by atoms with Crippen LogP contribution < -0.4 is 10.1 Å². The lowest BCUT2D eigenvalue weighted by Gasteiger charge is -2.57. The first kappa shape index (κ1) is 18.8. The predicted molar refractivity (Wildman–Crippen MR) is 108 cm³/mol. The normalized spacial score (nSPS) is 31.3. The largest absolute Gasteiger partial charge is 0.493 e. The molecule has 1 aromatic carbocycles. The van der Waals surface area contributed by atoms with Gasteiger partial charge in [-0.05, 0) is 93.5 Å². The van der Waals surface area contributed by atoms with E-state index >= 15 is 0 Å². The number of carbonyl (C=O) groups excluding carboxylic acids is 1. The molecule has 1 N–H and O–H groups in total. The number of likely N-dealkylation sites (N-methyl/N-ethyl adjacent to an activating group) is 1. The van der Waals surface area contributed by atoms with E-state index < -0.39 is 0 Å². The molecule has 0 radical (unpaired) electrons. The van der Waals surface area contributed by atoms with Gasteiger partial charge in [-0.15, -0.1) is 0 Å². The van der Waals surface area contributed by atoms with E-state index in [0.29, 0.717) is 25.0 Å². The fourth-order valence-electron chi connectivity index (χ4n) is 6.14. The lowest BCUT2D eigenvalue weighted by Crippen LogP contribution is -2.48. The zero-order valence-corrected chi connectivity index (χ0v) is 16.9. The zero-order valence-electron chi connectivity index (χ0n) is 16.9. The summed E-state index contributed by atoms with van der Waals surface area (Å²) in [6.07, 6.45) is 9.04.